The highest BCUT2D eigenvalue weighted by atomic mass is 32.2. The van der Waals surface area contributed by atoms with Crippen LogP contribution in [0.2, 0.25) is 0 Å². The number of ether oxygens (including phenoxy) is 1. The molecule has 1 aromatic carbocycles. The van der Waals surface area contributed by atoms with E-state index in [1.807, 2.05) is 12.3 Å². The van der Waals surface area contributed by atoms with Gasteiger partial charge in [0.1, 0.15) is 40.6 Å². The van der Waals surface area contributed by atoms with Crippen molar-refractivity contribution in [2.45, 2.75) is 57.6 Å². The standard InChI is InChI=1S/C32H40F2N6O5S2/c1-20(2)47(43,44)40(5)30-12-23(11-29(38-30)39(4)17-31-36-21(3)19-46-31)32(42)37-27(18-45-26-14-24(33)13-25(34)15-26)28(41)16-35-10-6-7-22-8-9-22/h11-15,19-20,22,27-28,35,41H,8-10,16-18H2,1-5H3,(H,37,42)/t27-,28+/m0/s1. The number of aryl methyl sites for hydroxylation is 1. The Kier molecular flexibility index (Phi) is 12.1. The quantitative estimate of drug-likeness (QED) is 0.162. The van der Waals surface area contributed by atoms with Crippen molar-refractivity contribution in [3.63, 3.8) is 0 Å². The molecule has 3 N–H and O–H groups in total. The maximum absolute atomic E-state index is 13.8. The van der Waals surface area contributed by atoms with Crippen molar-refractivity contribution in [2.75, 3.05) is 43.0 Å². The van der Waals surface area contributed by atoms with Crippen molar-refractivity contribution in [1.82, 2.24) is 20.6 Å². The Hall–Kier alpha value is -3.84. The number of thiazole rings is 1. The number of sulfonamides is 1. The van der Waals surface area contributed by atoms with Crippen LogP contribution in [0.4, 0.5) is 20.4 Å². The smallest absolute Gasteiger partial charge is 0.251 e. The van der Waals surface area contributed by atoms with Gasteiger partial charge in [0.25, 0.3) is 5.91 Å². The maximum Gasteiger partial charge on any atom is 0.251 e. The number of pyridine rings is 1. The van der Waals surface area contributed by atoms with Crippen LogP contribution in [0.25, 0.3) is 0 Å². The molecule has 254 valence electrons. The lowest BCUT2D eigenvalue weighted by Gasteiger charge is -2.26. The molecule has 0 radical (unpaired) electrons. The van der Waals surface area contributed by atoms with Gasteiger partial charge in [-0.2, -0.15) is 0 Å². The van der Waals surface area contributed by atoms with Gasteiger partial charge in [-0.1, -0.05) is 11.8 Å². The zero-order chi connectivity index (χ0) is 34.3. The zero-order valence-corrected chi connectivity index (χ0v) is 28.6. The van der Waals surface area contributed by atoms with Crippen molar-refractivity contribution < 1.29 is 31.8 Å². The van der Waals surface area contributed by atoms with Gasteiger partial charge in [0.2, 0.25) is 10.0 Å². The molecule has 1 amide bonds. The molecule has 3 aromatic rings. The van der Waals surface area contributed by atoms with Crippen LogP contribution in [-0.4, -0.2) is 80.6 Å². The van der Waals surface area contributed by atoms with Gasteiger partial charge in [0, 0.05) is 61.4 Å². The van der Waals surface area contributed by atoms with Crippen molar-refractivity contribution >= 4 is 38.9 Å². The van der Waals surface area contributed by atoms with E-state index in [9.17, 15) is 27.1 Å². The Bertz CT molecular complexity index is 1700. The van der Waals surface area contributed by atoms with Crippen molar-refractivity contribution in [1.29, 1.82) is 0 Å². The molecule has 2 heterocycles. The SMILES string of the molecule is Cc1csc(CN(C)c2cc(C(=O)N[C@@H](COc3cc(F)cc(F)c3)[C@H](O)CNCC#CC3CC3)cc(N(C)S(=O)(=O)C(C)C)n2)n1. The van der Waals surface area contributed by atoms with Crippen LogP contribution < -0.4 is 24.6 Å². The molecule has 1 saturated carbocycles. The Morgan fingerprint density at radius 1 is 1.13 bits per heavy atom. The molecule has 0 bridgehead atoms. The van der Waals surface area contributed by atoms with E-state index in [1.54, 1.807) is 25.8 Å². The second kappa shape index (κ2) is 15.8. The molecule has 11 nitrogen and oxygen atoms in total. The fraction of sp³-hybridized carbons (Fsp3) is 0.469. The number of aliphatic hydroxyl groups excluding tert-OH is 1. The third-order valence-electron chi connectivity index (χ3n) is 7.29. The molecule has 2 atom stereocenters. The topological polar surface area (TPSA) is 137 Å². The van der Waals surface area contributed by atoms with Crippen LogP contribution in [0.1, 0.15) is 47.7 Å². The summed E-state index contributed by atoms with van der Waals surface area (Å²) in [6, 6.07) is 4.49. The number of carbonyl (C=O) groups is 1. The Labute approximate surface area is 278 Å². The number of nitrogens with one attached hydrogen (secondary N) is 2. The van der Waals surface area contributed by atoms with Gasteiger partial charge in [0.15, 0.2) is 0 Å². The lowest BCUT2D eigenvalue weighted by atomic mass is 10.1. The van der Waals surface area contributed by atoms with Crippen LogP contribution >= 0.6 is 11.3 Å². The van der Waals surface area contributed by atoms with E-state index >= 15 is 0 Å². The van der Waals surface area contributed by atoms with Gasteiger partial charge >= 0.3 is 0 Å². The number of benzene rings is 1. The number of carbonyl (C=O) groups excluding carboxylic acids is 1. The molecular weight excluding hydrogens is 651 g/mol. The Balaban J connectivity index is 1.60. The molecule has 1 fully saturated rings. The van der Waals surface area contributed by atoms with E-state index in [-0.39, 0.29) is 30.3 Å². The molecule has 1 aliphatic rings. The number of halogens is 2. The maximum atomic E-state index is 13.8. The average molecular weight is 691 g/mol. The minimum atomic E-state index is -3.80. The number of amides is 1. The van der Waals surface area contributed by atoms with Gasteiger partial charge < -0.3 is 25.4 Å². The van der Waals surface area contributed by atoms with Gasteiger partial charge in [-0.25, -0.2) is 27.2 Å². The van der Waals surface area contributed by atoms with Gasteiger partial charge in [-0.05, 0) is 45.7 Å². The summed E-state index contributed by atoms with van der Waals surface area (Å²) in [7, 11) is -0.688. The van der Waals surface area contributed by atoms with Gasteiger partial charge in [-0.3, -0.25) is 9.10 Å². The zero-order valence-electron chi connectivity index (χ0n) is 27.0. The molecule has 0 unspecified atom stereocenters. The third kappa shape index (κ3) is 10.3. The second-order valence-electron chi connectivity index (χ2n) is 11.7. The summed E-state index contributed by atoms with van der Waals surface area (Å²) in [4.78, 5) is 24.5. The lowest BCUT2D eigenvalue weighted by Crippen LogP contribution is -2.50. The number of nitrogens with zero attached hydrogens (tertiary/aromatic N) is 4. The van der Waals surface area contributed by atoms with E-state index in [1.165, 1.54) is 30.5 Å². The minimum Gasteiger partial charge on any atom is -0.491 e. The van der Waals surface area contributed by atoms with Crippen molar-refractivity contribution in [3.05, 3.63) is 63.6 Å². The first-order valence-electron chi connectivity index (χ1n) is 15.1. The van der Waals surface area contributed by atoms with Crippen LogP contribution in [0.5, 0.6) is 5.75 Å². The molecule has 4 rings (SSSR count). The molecule has 15 heteroatoms. The average Bonchev–Trinajstić information content (AvgIpc) is 3.76. The van der Waals surface area contributed by atoms with Gasteiger partial charge in [0.05, 0.1) is 30.5 Å². The van der Waals surface area contributed by atoms with E-state index in [0.717, 1.165) is 40.0 Å². The predicted octanol–water partition coefficient (Wildman–Crippen LogP) is 3.48. The van der Waals surface area contributed by atoms with Crippen LogP contribution in [-0.2, 0) is 16.6 Å². The molecule has 47 heavy (non-hydrogen) atoms. The lowest BCUT2D eigenvalue weighted by molar-refractivity contribution is 0.0737. The number of hydrogen-bond donors (Lipinski definition) is 3. The fourth-order valence-electron chi connectivity index (χ4n) is 4.34. The molecule has 0 aliphatic heterocycles. The number of aliphatic hydroxyl groups is 1. The highest BCUT2D eigenvalue weighted by Gasteiger charge is 2.28. The Morgan fingerprint density at radius 3 is 2.43 bits per heavy atom. The van der Waals surface area contributed by atoms with Crippen molar-refractivity contribution in [3.8, 4) is 17.6 Å². The summed E-state index contributed by atoms with van der Waals surface area (Å²) < 4.78 is 60.3. The summed E-state index contributed by atoms with van der Waals surface area (Å²) >= 11 is 1.46. The summed E-state index contributed by atoms with van der Waals surface area (Å²) in [6.45, 7) is 5.34. The highest BCUT2D eigenvalue weighted by molar-refractivity contribution is 7.93. The van der Waals surface area contributed by atoms with E-state index in [4.69, 9.17) is 4.74 Å². The van der Waals surface area contributed by atoms with Crippen LogP contribution in [0, 0.1) is 36.3 Å². The molecular formula is C32H40F2N6O5S2. The van der Waals surface area contributed by atoms with Crippen molar-refractivity contribution in [2.24, 2.45) is 5.92 Å². The second-order valence-corrected chi connectivity index (χ2v) is 15.1. The summed E-state index contributed by atoms with van der Waals surface area (Å²) in [5.41, 5.74) is 0.926. The number of rotatable bonds is 15. The summed E-state index contributed by atoms with van der Waals surface area (Å²) in [5, 5.41) is 18.8. The van der Waals surface area contributed by atoms with Crippen LogP contribution in [0.15, 0.2) is 35.7 Å². The first kappa shape index (κ1) is 36.0. The molecule has 0 spiro atoms. The molecule has 1 aliphatic carbocycles. The van der Waals surface area contributed by atoms with Gasteiger partial charge in [-0.15, -0.1) is 11.3 Å². The van der Waals surface area contributed by atoms with Crippen LogP contribution in [0.3, 0.4) is 0 Å². The van der Waals surface area contributed by atoms with E-state index in [2.05, 4.69) is 32.4 Å². The predicted molar refractivity (Wildman–Crippen MR) is 178 cm³/mol. The highest BCUT2D eigenvalue weighted by Crippen LogP contribution is 2.27. The third-order valence-corrected chi connectivity index (χ3v) is 10.4. The Morgan fingerprint density at radius 2 is 1.81 bits per heavy atom. The molecule has 2 aromatic heterocycles. The summed E-state index contributed by atoms with van der Waals surface area (Å²) in [5.74, 6) is 4.41. The fourth-order valence-corrected chi connectivity index (χ4v) is 6.15. The minimum absolute atomic E-state index is 0.0167. The normalized spacial score (nSPS) is 14.2. The number of hydrogen-bond acceptors (Lipinski definition) is 10. The largest absolute Gasteiger partial charge is 0.491 e. The monoisotopic (exact) mass is 690 g/mol. The first-order chi connectivity index (χ1) is 22.2. The number of aromatic nitrogens is 2. The first-order valence-corrected chi connectivity index (χ1v) is 17.5. The van der Waals surface area contributed by atoms with E-state index < -0.39 is 45.0 Å². The summed E-state index contributed by atoms with van der Waals surface area (Å²) in [6.07, 6.45) is 0.972. The molecule has 0 saturated heterocycles. The number of anilines is 2. The van der Waals surface area contributed by atoms with E-state index in [0.29, 0.717) is 30.9 Å².